The van der Waals surface area contributed by atoms with Gasteiger partial charge in [-0.15, -0.1) is 24.0 Å². The fraction of sp³-hybridized carbons (Fsp3) is 0.650. The topological polar surface area (TPSA) is 65.0 Å². The van der Waals surface area contributed by atoms with Crippen LogP contribution in [0.25, 0.3) is 0 Å². The average Bonchev–Trinajstić information content (AvgIpc) is 3.00. The van der Waals surface area contributed by atoms with Crippen LogP contribution in [0.15, 0.2) is 23.2 Å². The number of benzene rings is 1. The predicted octanol–water partition coefficient (Wildman–Crippen LogP) is 2.44. The van der Waals surface area contributed by atoms with Crippen molar-refractivity contribution >= 4 is 45.5 Å². The number of guanidine groups is 1. The van der Waals surface area contributed by atoms with Crippen LogP contribution in [0.3, 0.4) is 0 Å². The Balaban J connectivity index is 0.00000280. The van der Waals surface area contributed by atoms with E-state index in [2.05, 4.69) is 54.1 Å². The molecule has 6 nitrogen and oxygen atoms in total. The lowest BCUT2D eigenvalue weighted by Gasteiger charge is -2.38. The number of aliphatic imine (C=N–C) groups is 1. The second-order valence-electron chi connectivity index (χ2n) is 7.66. The van der Waals surface area contributed by atoms with Gasteiger partial charge in [0.05, 0.1) is 11.5 Å². The Morgan fingerprint density at radius 2 is 1.93 bits per heavy atom. The number of nitrogens with one attached hydrogen (secondary N) is 1. The van der Waals surface area contributed by atoms with Gasteiger partial charge in [0.15, 0.2) is 15.8 Å². The van der Waals surface area contributed by atoms with Crippen LogP contribution in [0.2, 0.25) is 0 Å². The summed E-state index contributed by atoms with van der Waals surface area (Å²) in [7, 11) is -2.84. The lowest BCUT2D eigenvalue weighted by molar-refractivity contribution is 0.371. The summed E-state index contributed by atoms with van der Waals surface area (Å²) < 4.78 is 23.3. The third-order valence-electron chi connectivity index (χ3n) is 5.66. The van der Waals surface area contributed by atoms with Gasteiger partial charge in [0.2, 0.25) is 0 Å². The van der Waals surface area contributed by atoms with Gasteiger partial charge in [0.1, 0.15) is 0 Å². The van der Waals surface area contributed by atoms with Crippen molar-refractivity contribution in [2.24, 2.45) is 10.9 Å². The van der Waals surface area contributed by atoms with Crippen molar-refractivity contribution < 1.29 is 8.42 Å². The molecule has 2 fully saturated rings. The number of nitrogens with zero attached hydrogens (tertiary/aromatic N) is 3. The number of piperazine rings is 1. The molecule has 0 aromatic heterocycles. The van der Waals surface area contributed by atoms with Crippen molar-refractivity contribution in [2.75, 3.05) is 55.7 Å². The third kappa shape index (κ3) is 5.75. The first kappa shape index (κ1) is 23.3. The van der Waals surface area contributed by atoms with Crippen LogP contribution >= 0.6 is 24.0 Å². The molecular weight excluding hydrogens is 487 g/mol. The number of hydrogen-bond donors (Lipinski definition) is 1. The number of hydrogen-bond acceptors (Lipinski definition) is 4. The van der Waals surface area contributed by atoms with E-state index in [0.717, 1.165) is 45.1 Å². The summed E-state index contributed by atoms with van der Waals surface area (Å²) >= 11 is 0. The van der Waals surface area contributed by atoms with Crippen LogP contribution in [-0.4, -0.2) is 70.1 Å². The normalized spacial score (nSPS) is 22.1. The van der Waals surface area contributed by atoms with E-state index in [9.17, 15) is 8.42 Å². The first-order valence-electron chi connectivity index (χ1n) is 9.94. The predicted molar refractivity (Wildman–Crippen MR) is 128 cm³/mol. The Kier molecular flexibility index (Phi) is 8.42. The van der Waals surface area contributed by atoms with E-state index in [-0.39, 0.29) is 35.6 Å². The SMILES string of the molecule is CCNC(=NCC1CCS(=O)(=O)C1)N1CCN(c2cccc(C)c2C)CC1.I. The van der Waals surface area contributed by atoms with E-state index < -0.39 is 9.84 Å². The fourth-order valence-corrected chi connectivity index (χ4v) is 5.74. The van der Waals surface area contributed by atoms with Gasteiger partial charge in [0.25, 0.3) is 0 Å². The van der Waals surface area contributed by atoms with E-state index >= 15 is 0 Å². The molecular formula is C20H33IN4O2S. The first-order valence-corrected chi connectivity index (χ1v) is 11.8. The molecule has 2 heterocycles. The highest BCUT2D eigenvalue weighted by molar-refractivity contribution is 14.0. The van der Waals surface area contributed by atoms with Gasteiger partial charge in [-0.2, -0.15) is 0 Å². The zero-order chi connectivity index (χ0) is 19.4. The van der Waals surface area contributed by atoms with Gasteiger partial charge in [-0.05, 0) is 50.3 Å². The van der Waals surface area contributed by atoms with Gasteiger partial charge in [-0.3, -0.25) is 4.99 Å². The molecule has 3 rings (SSSR count). The van der Waals surface area contributed by atoms with Gasteiger partial charge in [0, 0.05) is 45.0 Å². The smallest absolute Gasteiger partial charge is 0.194 e. The minimum atomic E-state index is -2.84. The second-order valence-corrected chi connectivity index (χ2v) is 9.89. The van der Waals surface area contributed by atoms with Crippen LogP contribution in [0, 0.1) is 19.8 Å². The molecule has 28 heavy (non-hydrogen) atoms. The van der Waals surface area contributed by atoms with Crippen LogP contribution in [0.1, 0.15) is 24.5 Å². The standard InChI is InChI=1S/C20H32N4O2S.HI/c1-4-21-20(22-14-18-8-13-27(25,26)15-18)24-11-9-23(10-12-24)19-7-5-6-16(2)17(19)3;/h5-7,18H,4,8-15H2,1-3H3,(H,21,22);1H. The Morgan fingerprint density at radius 3 is 2.54 bits per heavy atom. The van der Waals surface area contributed by atoms with E-state index in [1.165, 1.54) is 16.8 Å². The molecule has 1 aromatic rings. The highest BCUT2D eigenvalue weighted by Gasteiger charge is 2.28. The van der Waals surface area contributed by atoms with Crippen molar-refractivity contribution in [2.45, 2.75) is 27.2 Å². The Hall–Kier alpha value is -1.03. The van der Waals surface area contributed by atoms with Gasteiger partial charge < -0.3 is 15.1 Å². The maximum Gasteiger partial charge on any atom is 0.194 e. The van der Waals surface area contributed by atoms with Crippen molar-refractivity contribution in [3.8, 4) is 0 Å². The zero-order valence-corrected chi connectivity index (χ0v) is 20.3. The number of aryl methyl sites for hydroxylation is 1. The van der Waals surface area contributed by atoms with E-state index in [4.69, 9.17) is 4.99 Å². The molecule has 0 spiro atoms. The molecule has 0 saturated carbocycles. The Labute approximate surface area is 186 Å². The van der Waals surface area contributed by atoms with Gasteiger partial charge in [-0.1, -0.05) is 12.1 Å². The van der Waals surface area contributed by atoms with Crippen LogP contribution in [0.4, 0.5) is 5.69 Å². The Morgan fingerprint density at radius 1 is 1.21 bits per heavy atom. The van der Waals surface area contributed by atoms with Crippen LogP contribution in [0.5, 0.6) is 0 Å². The van der Waals surface area contributed by atoms with Gasteiger partial charge in [-0.25, -0.2) is 8.42 Å². The summed E-state index contributed by atoms with van der Waals surface area (Å²) in [6.45, 7) is 11.6. The zero-order valence-electron chi connectivity index (χ0n) is 17.1. The molecule has 1 N–H and O–H groups in total. The maximum absolute atomic E-state index is 11.7. The lowest BCUT2D eigenvalue weighted by Crippen LogP contribution is -2.52. The number of rotatable bonds is 4. The number of anilines is 1. The van der Waals surface area contributed by atoms with Crippen molar-refractivity contribution in [1.82, 2.24) is 10.2 Å². The van der Waals surface area contributed by atoms with E-state index in [1.54, 1.807) is 0 Å². The molecule has 2 saturated heterocycles. The summed E-state index contributed by atoms with van der Waals surface area (Å²) in [6, 6.07) is 6.50. The molecule has 1 atom stereocenters. The average molecular weight is 520 g/mol. The van der Waals surface area contributed by atoms with Gasteiger partial charge >= 0.3 is 0 Å². The summed E-state index contributed by atoms with van der Waals surface area (Å²) in [5.41, 5.74) is 4.01. The molecule has 2 aliphatic rings. The minimum Gasteiger partial charge on any atom is -0.368 e. The molecule has 0 amide bonds. The summed E-state index contributed by atoms with van der Waals surface area (Å²) in [6.07, 6.45) is 0.742. The molecule has 2 aliphatic heterocycles. The second kappa shape index (κ2) is 10.1. The van der Waals surface area contributed by atoms with Crippen molar-refractivity contribution in [3.63, 3.8) is 0 Å². The molecule has 158 valence electrons. The number of sulfone groups is 1. The van der Waals surface area contributed by atoms with E-state index in [0.29, 0.717) is 12.3 Å². The Bertz CT molecular complexity index is 789. The summed E-state index contributed by atoms with van der Waals surface area (Å²) in [5.74, 6) is 1.69. The monoisotopic (exact) mass is 520 g/mol. The third-order valence-corrected chi connectivity index (χ3v) is 7.49. The molecule has 1 aromatic carbocycles. The molecule has 1 unspecified atom stereocenters. The highest BCUT2D eigenvalue weighted by Crippen LogP contribution is 2.24. The van der Waals surface area contributed by atoms with Crippen molar-refractivity contribution in [3.05, 3.63) is 29.3 Å². The van der Waals surface area contributed by atoms with Crippen LogP contribution in [-0.2, 0) is 9.84 Å². The molecule has 0 bridgehead atoms. The fourth-order valence-electron chi connectivity index (χ4n) is 3.89. The van der Waals surface area contributed by atoms with Crippen LogP contribution < -0.4 is 10.2 Å². The lowest BCUT2D eigenvalue weighted by atomic mass is 10.1. The van der Waals surface area contributed by atoms with Crippen molar-refractivity contribution in [1.29, 1.82) is 0 Å². The van der Waals surface area contributed by atoms with E-state index in [1.807, 2.05) is 0 Å². The molecule has 0 aliphatic carbocycles. The minimum absolute atomic E-state index is 0. The quantitative estimate of drug-likeness (QED) is 0.376. The molecule has 8 heteroatoms. The first-order chi connectivity index (χ1) is 12.9. The summed E-state index contributed by atoms with van der Waals surface area (Å²) in [4.78, 5) is 9.51. The largest absolute Gasteiger partial charge is 0.368 e. The maximum atomic E-state index is 11.7. The highest BCUT2D eigenvalue weighted by atomic mass is 127. The number of halogens is 1. The summed E-state index contributed by atoms with van der Waals surface area (Å²) in [5, 5.41) is 3.38. The molecule has 0 radical (unpaired) electrons.